The van der Waals surface area contributed by atoms with E-state index in [9.17, 15) is 4.79 Å². The predicted molar refractivity (Wildman–Crippen MR) is 66.7 cm³/mol. The molecule has 0 aromatic carbocycles. The number of hydrogen-bond acceptors (Lipinski definition) is 7. The number of thiazole rings is 1. The van der Waals surface area contributed by atoms with E-state index < -0.39 is 12.1 Å². The SMILES string of the molecule is COC(CC(=O)O)Cn1nnnc1-c1csc(C)n1. The van der Waals surface area contributed by atoms with Gasteiger partial charge < -0.3 is 9.84 Å². The molecule has 8 nitrogen and oxygen atoms in total. The molecule has 0 spiro atoms. The van der Waals surface area contributed by atoms with Crippen molar-refractivity contribution in [2.45, 2.75) is 26.0 Å². The predicted octanol–water partition coefficient (Wildman–Crippen LogP) is 0.595. The van der Waals surface area contributed by atoms with Crippen LogP contribution in [0.4, 0.5) is 0 Å². The number of carboxylic acids is 1. The molecule has 0 radical (unpaired) electrons. The molecule has 0 amide bonds. The molecule has 19 heavy (non-hydrogen) atoms. The second-order valence-electron chi connectivity index (χ2n) is 3.89. The van der Waals surface area contributed by atoms with E-state index in [1.807, 2.05) is 12.3 Å². The van der Waals surface area contributed by atoms with Crippen molar-refractivity contribution in [3.63, 3.8) is 0 Å². The zero-order valence-corrected chi connectivity index (χ0v) is 11.3. The van der Waals surface area contributed by atoms with Crippen LogP contribution in [-0.4, -0.2) is 49.5 Å². The van der Waals surface area contributed by atoms with Crippen molar-refractivity contribution < 1.29 is 14.6 Å². The summed E-state index contributed by atoms with van der Waals surface area (Å²) in [5.74, 6) is -0.414. The van der Waals surface area contributed by atoms with E-state index in [1.165, 1.54) is 23.1 Å². The van der Waals surface area contributed by atoms with Crippen molar-refractivity contribution in [1.29, 1.82) is 0 Å². The second kappa shape index (κ2) is 5.85. The monoisotopic (exact) mass is 283 g/mol. The van der Waals surface area contributed by atoms with E-state index in [4.69, 9.17) is 9.84 Å². The molecule has 1 N–H and O–H groups in total. The van der Waals surface area contributed by atoms with Crippen LogP contribution in [0.3, 0.4) is 0 Å². The number of tetrazole rings is 1. The summed E-state index contributed by atoms with van der Waals surface area (Å²) in [5, 5.41) is 22.9. The number of aliphatic carboxylic acids is 1. The minimum atomic E-state index is -0.925. The lowest BCUT2D eigenvalue weighted by Crippen LogP contribution is -2.23. The Morgan fingerprint density at radius 3 is 3.00 bits per heavy atom. The highest BCUT2D eigenvalue weighted by molar-refractivity contribution is 7.09. The molecule has 0 aliphatic rings. The number of hydrogen-bond donors (Lipinski definition) is 1. The second-order valence-corrected chi connectivity index (χ2v) is 4.95. The van der Waals surface area contributed by atoms with Crippen molar-refractivity contribution in [3.8, 4) is 11.5 Å². The van der Waals surface area contributed by atoms with E-state index in [2.05, 4.69) is 20.5 Å². The number of methoxy groups -OCH3 is 1. The number of carbonyl (C=O) groups is 1. The van der Waals surface area contributed by atoms with E-state index in [0.29, 0.717) is 11.5 Å². The normalized spacial score (nSPS) is 12.5. The van der Waals surface area contributed by atoms with Gasteiger partial charge in [0.1, 0.15) is 5.69 Å². The maximum absolute atomic E-state index is 10.7. The van der Waals surface area contributed by atoms with Crippen LogP contribution in [0.1, 0.15) is 11.4 Å². The van der Waals surface area contributed by atoms with Gasteiger partial charge in [-0.15, -0.1) is 16.4 Å². The molecule has 102 valence electrons. The molecule has 2 rings (SSSR count). The highest BCUT2D eigenvalue weighted by Gasteiger charge is 2.18. The molecule has 0 bridgehead atoms. The summed E-state index contributed by atoms with van der Waals surface area (Å²) in [6.45, 7) is 2.16. The Morgan fingerprint density at radius 1 is 1.63 bits per heavy atom. The molecule has 0 saturated heterocycles. The summed E-state index contributed by atoms with van der Waals surface area (Å²) in [5.41, 5.74) is 0.678. The minimum Gasteiger partial charge on any atom is -0.481 e. The molecular weight excluding hydrogens is 270 g/mol. The Balaban J connectivity index is 2.17. The summed E-state index contributed by atoms with van der Waals surface area (Å²) < 4.78 is 6.62. The fraction of sp³-hybridized carbons (Fsp3) is 0.500. The van der Waals surface area contributed by atoms with Crippen molar-refractivity contribution in [1.82, 2.24) is 25.2 Å². The van der Waals surface area contributed by atoms with E-state index >= 15 is 0 Å². The van der Waals surface area contributed by atoms with Gasteiger partial charge in [-0.1, -0.05) is 0 Å². The quantitative estimate of drug-likeness (QED) is 0.827. The molecular formula is C10H13N5O3S. The Kier molecular flexibility index (Phi) is 4.17. The number of aromatic nitrogens is 5. The highest BCUT2D eigenvalue weighted by atomic mass is 32.1. The topological polar surface area (TPSA) is 103 Å². The summed E-state index contributed by atoms with van der Waals surface area (Å²) in [6.07, 6.45) is -0.592. The third kappa shape index (κ3) is 3.32. The first-order valence-electron chi connectivity index (χ1n) is 5.53. The number of aryl methyl sites for hydroxylation is 1. The first-order chi connectivity index (χ1) is 9.10. The van der Waals surface area contributed by atoms with Gasteiger partial charge in [-0.2, -0.15) is 0 Å². The summed E-state index contributed by atoms with van der Waals surface area (Å²) >= 11 is 1.50. The maximum atomic E-state index is 10.7. The van der Waals surface area contributed by atoms with Crippen molar-refractivity contribution in [2.24, 2.45) is 0 Å². The standard InChI is InChI=1S/C10H13N5O3S/c1-6-11-8(5-19-6)10-12-13-14-15(10)4-7(18-2)3-9(16)17/h5,7H,3-4H2,1-2H3,(H,16,17). The van der Waals surface area contributed by atoms with Crippen LogP contribution >= 0.6 is 11.3 Å². The van der Waals surface area contributed by atoms with Gasteiger partial charge in [-0.25, -0.2) is 9.67 Å². The molecule has 2 aromatic heterocycles. The summed E-state index contributed by atoms with van der Waals surface area (Å²) in [4.78, 5) is 15.0. The smallest absolute Gasteiger partial charge is 0.306 e. The lowest BCUT2D eigenvalue weighted by atomic mass is 10.2. The van der Waals surface area contributed by atoms with Gasteiger partial charge in [0.05, 0.1) is 24.1 Å². The van der Waals surface area contributed by atoms with Gasteiger partial charge in [-0.05, 0) is 17.4 Å². The van der Waals surface area contributed by atoms with Crippen LogP contribution in [0, 0.1) is 6.92 Å². The van der Waals surface area contributed by atoms with Gasteiger partial charge in [0.2, 0.25) is 5.82 Å². The van der Waals surface area contributed by atoms with Crippen molar-refractivity contribution in [3.05, 3.63) is 10.4 Å². The maximum Gasteiger partial charge on any atom is 0.306 e. The number of nitrogens with zero attached hydrogens (tertiary/aromatic N) is 5. The molecule has 2 heterocycles. The molecule has 1 unspecified atom stereocenters. The van der Waals surface area contributed by atoms with Crippen LogP contribution in [0.25, 0.3) is 11.5 Å². The Bertz CT molecular complexity index is 567. The van der Waals surface area contributed by atoms with Crippen LogP contribution in [0.15, 0.2) is 5.38 Å². The van der Waals surface area contributed by atoms with E-state index in [-0.39, 0.29) is 13.0 Å². The van der Waals surface area contributed by atoms with Crippen LogP contribution in [-0.2, 0) is 16.1 Å². The molecule has 9 heteroatoms. The Labute approximate surface area is 113 Å². The van der Waals surface area contributed by atoms with Gasteiger partial charge in [0.25, 0.3) is 0 Å². The number of ether oxygens (including phenoxy) is 1. The number of carboxylic acid groups (broad SMARTS) is 1. The Morgan fingerprint density at radius 2 is 2.42 bits per heavy atom. The molecule has 1 atom stereocenters. The molecule has 0 fully saturated rings. The molecule has 0 saturated carbocycles. The highest BCUT2D eigenvalue weighted by Crippen LogP contribution is 2.19. The third-order valence-corrected chi connectivity index (χ3v) is 3.27. The van der Waals surface area contributed by atoms with Crippen LogP contribution in [0.5, 0.6) is 0 Å². The number of rotatable bonds is 6. The van der Waals surface area contributed by atoms with Crippen molar-refractivity contribution in [2.75, 3.05) is 7.11 Å². The van der Waals surface area contributed by atoms with E-state index in [1.54, 1.807) is 0 Å². The minimum absolute atomic E-state index is 0.105. The summed E-state index contributed by atoms with van der Waals surface area (Å²) in [7, 11) is 1.46. The zero-order chi connectivity index (χ0) is 13.8. The average Bonchev–Trinajstić information content (AvgIpc) is 2.96. The van der Waals surface area contributed by atoms with Gasteiger partial charge >= 0.3 is 5.97 Å². The lowest BCUT2D eigenvalue weighted by Gasteiger charge is -2.12. The first kappa shape index (κ1) is 13.6. The Hall–Kier alpha value is -1.87. The third-order valence-electron chi connectivity index (χ3n) is 2.49. The van der Waals surface area contributed by atoms with Crippen molar-refractivity contribution >= 4 is 17.3 Å². The largest absolute Gasteiger partial charge is 0.481 e. The lowest BCUT2D eigenvalue weighted by molar-refractivity contribution is -0.139. The first-order valence-corrected chi connectivity index (χ1v) is 6.41. The molecule has 0 aliphatic carbocycles. The van der Waals surface area contributed by atoms with E-state index in [0.717, 1.165) is 5.01 Å². The van der Waals surface area contributed by atoms with Gasteiger partial charge in [0, 0.05) is 12.5 Å². The summed E-state index contributed by atoms with van der Waals surface area (Å²) in [6, 6.07) is 0. The fourth-order valence-corrected chi connectivity index (χ4v) is 2.18. The van der Waals surface area contributed by atoms with Gasteiger partial charge in [-0.3, -0.25) is 4.79 Å². The zero-order valence-electron chi connectivity index (χ0n) is 10.5. The molecule has 0 aliphatic heterocycles. The fourth-order valence-electron chi connectivity index (χ4n) is 1.59. The molecule has 2 aromatic rings. The van der Waals surface area contributed by atoms with Gasteiger partial charge in [0.15, 0.2) is 0 Å². The average molecular weight is 283 g/mol. The van der Waals surface area contributed by atoms with Crippen LogP contribution in [0.2, 0.25) is 0 Å². The van der Waals surface area contributed by atoms with Crippen LogP contribution < -0.4 is 0 Å².